The summed E-state index contributed by atoms with van der Waals surface area (Å²) in [5, 5.41) is 5.59. The van der Waals surface area contributed by atoms with Crippen molar-refractivity contribution in [3.05, 3.63) is 35.9 Å². The van der Waals surface area contributed by atoms with Gasteiger partial charge in [0.1, 0.15) is 12.1 Å². The van der Waals surface area contributed by atoms with Crippen LogP contribution in [0.5, 0.6) is 0 Å². The summed E-state index contributed by atoms with van der Waals surface area (Å²) >= 11 is 0. The van der Waals surface area contributed by atoms with Crippen LogP contribution in [0.4, 0.5) is 0 Å². The summed E-state index contributed by atoms with van der Waals surface area (Å²) in [5.74, 6) is -1.43. The van der Waals surface area contributed by atoms with Crippen molar-refractivity contribution in [1.29, 1.82) is 0 Å². The fraction of sp³-hybridized carbons (Fsp3) is 0.630. The van der Waals surface area contributed by atoms with Crippen LogP contribution in [0.1, 0.15) is 53.5 Å². The third kappa shape index (κ3) is 12.7. The van der Waals surface area contributed by atoms with E-state index >= 15 is 0 Å². The van der Waals surface area contributed by atoms with Crippen molar-refractivity contribution in [2.45, 2.75) is 66.5 Å². The molecule has 8 nitrogen and oxygen atoms in total. The Balaban J connectivity index is 2.79. The standard InChI is InChI=1S/C27H42N2O6S2/c1-26(2,3)15-22(30)28-20(24(32)34-7)16-36-37-17-21(25(33)35-8)29-23(31)19(27(4,5)6)14-18-12-10-9-11-13-18/h9-13,19-21H,14-17H2,1-8H3,(H,28,30)(H,29,31)/t19-,20-,21-/m0/s1. The number of hydrogen-bond acceptors (Lipinski definition) is 8. The number of amides is 2. The second-order valence-corrected chi connectivity index (χ2v) is 13.7. The third-order valence-electron chi connectivity index (χ3n) is 5.51. The summed E-state index contributed by atoms with van der Waals surface area (Å²) in [7, 11) is 5.17. The summed E-state index contributed by atoms with van der Waals surface area (Å²) in [4.78, 5) is 50.2. The van der Waals surface area contributed by atoms with E-state index < -0.39 is 24.0 Å². The van der Waals surface area contributed by atoms with Crippen molar-refractivity contribution in [1.82, 2.24) is 10.6 Å². The molecule has 37 heavy (non-hydrogen) atoms. The predicted octanol–water partition coefficient (Wildman–Crippen LogP) is 4.02. The van der Waals surface area contributed by atoms with Gasteiger partial charge in [0.05, 0.1) is 14.2 Å². The minimum absolute atomic E-state index is 0.218. The van der Waals surface area contributed by atoms with E-state index in [1.807, 2.05) is 71.9 Å². The van der Waals surface area contributed by atoms with Gasteiger partial charge in [-0.3, -0.25) is 9.59 Å². The van der Waals surface area contributed by atoms with Crippen LogP contribution in [0.3, 0.4) is 0 Å². The van der Waals surface area contributed by atoms with Gasteiger partial charge in [-0.1, -0.05) is 93.5 Å². The maximum atomic E-state index is 13.3. The first-order chi connectivity index (χ1) is 17.2. The highest BCUT2D eigenvalue weighted by atomic mass is 33.1. The highest BCUT2D eigenvalue weighted by Gasteiger charge is 2.34. The first-order valence-corrected chi connectivity index (χ1v) is 14.7. The van der Waals surface area contributed by atoms with Crippen LogP contribution >= 0.6 is 21.6 Å². The van der Waals surface area contributed by atoms with E-state index in [1.165, 1.54) is 35.8 Å². The molecule has 0 saturated carbocycles. The number of carbonyl (C=O) groups excluding carboxylic acids is 4. The third-order valence-corrected chi connectivity index (χ3v) is 7.93. The molecule has 208 valence electrons. The number of methoxy groups -OCH3 is 2. The zero-order chi connectivity index (χ0) is 28.2. The number of carbonyl (C=O) groups is 4. The van der Waals surface area contributed by atoms with Gasteiger partial charge in [-0.05, 0) is 22.8 Å². The van der Waals surface area contributed by atoms with Crippen molar-refractivity contribution in [2.24, 2.45) is 16.7 Å². The van der Waals surface area contributed by atoms with E-state index in [2.05, 4.69) is 10.6 Å². The molecule has 1 aromatic carbocycles. The van der Waals surface area contributed by atoms with Gasteiger partial charge in [0.15, 0.2) is 0 Å². The lowest BCUT2D eigenvalue weighted by atomic mass is 9.76. The highest BCUT2D eigenvalue weighted by molar-refractivity contribution is 8.76. The van der Waals surface area contributed by atoms with Gasteiger partial charge >= 0.3 is 11.9 Å². The number of ether oxygens (including phenoxy) is 2. The molecule has 0 spiro atoms. The molecular weight excluding hydrogens is 512 g/mol. The Morgan fingerprint density at radius 3 is 1.73 bits per heavy atom. The van der Waals surface area contributed by atoms with Gasteiger partial charge < -0.3 is 20.1 Å². The largest absolute Gasteiger partial charge is 0.467 e. The highest BCUT2D eigenvalue weighted by Crippen LogP contribution is 2.30. The number of benzene rings is 1. The Labute approximate surface area is 229 Å². The molecular formula is C27H42N2O6S2. The lowest BCUT2D eigenvalue weighted by Gasteiger charge is -2.31. The van der Waals surface area contributed by atoms with Crippen LogP contribution in [-0.2, 0) is 35.1 Å². The Morgan fingerprint density at radius 2 is 1.30 bits per heavy atom. The van der Waals surface area contributed by atoms with Crippen LogP contribution in [0, 0.1) is 16.7 Å². The molecule has 0 bridgehead atoms. The molecule has 0 heterocycles. The quantitative estimate of drug-likeness (QED) is 0.214. The Bertz CT molecular complexity index is 896. The van der Waals surface area contributed by atoms with E-state index in [1.54, 1.807) is 0 Å². The number of nitrogens with one attached hydrogen (secondary N) is 2. The summed E-state index contributed by atoms with van der Waals surface area (Å²) in [5.41, 5.74) is 0.491. The monoisotopic (exact) mass is 554 g/mol. The van der Waals surface area contributed by atoms with Crippen molar-refractivity contribution in [3.8, 4) is 0 Å². The van der Waals surface area contributed by atoms with Crippen LogP contribution < -0.4 is 10.6 Å². The van der Waals surface area contributed by atoms with E-state index in [-0.39, 0.29) is 46.5 Å². The second kappa shape index (κ2) is 15.3. The van der Waals surface area contributed by atoms with Gasteiger partial charge in [-0.2, -0.15) is 0 Å². The van der Waals surface area contributed by atoms with E-state index in [9.17, 15) is 19.2 Å². The first kappa shape index (κ1) is 32.8. The van der Waals surface area contributed by atoms with Crippen LogP contribution in [0.25, 0.3) is 0 Å². The molecule has 0 aromatic heterocycles. The smallest absolute Gasteiger partial charge is 0.329 e. The normalized spacial score (nSPS) is 14.2. The van der Waals surface area contributed by atoms with Gasteiger partial charge in [-0.15, -0.1) is 0 Å². The molecule has 0 unspecified atom stereocenters. The molecule has 0 saturated heterocycles. The zero-order valence-corrected chi connectivity index (χ0v) is 24.8. The molecule has 2 amide bonds. The fourth-order valence-corrected chi connectivity index (χ4v) is 5.79. The van der Waals surface area contributed by atoms with Crippen molar-refractivity contribution >= 4 is 45.3 Å². The van der Waals surface area contributed by atoms with Gasteiger partial charge in [-0.25, -0.2) is 9.59 Å². The molecule has 1 rings (SSSR count). The van der Waals surface area contributed by atoms with Crippen molar-refractivity contribution in [3.63, 3.8) is 0 Å². The molecule has 0 fully saturated rings. The fourth-order valence-electron chi connectivity index (χ4n) is 3.50. The van der Waals surface area contributed by atoms with Crippen LogP contribution in [0.15, 0.2) is 30.3 Å². The second-order valence-electron chi connectivity index (χ2n) is 11.1. The van der Waals surface area contributed by atoms with E-state index in [0.29, 0.717) is 6.42 Å². The summed E-state index contributed by atoms with van der Waals surface area (Å²) in [6.07, 6.45) is 0.813. The van der Waals surface area contributed by atoms with Crippen LogP contribution in [0.2, 0.25) is 0 Å². The Kier molecular flexibility index (Phi) is 13.5. The minimum Gasteiger partial charge on any atom is -0.467 e. The molecule has 0 radical (unpaired) electrons. The number of esters is 2. The maximum Gasteiger partial charge on any atom is 0.329 e. The molecule has 0 aliphatic rings. The maximum absolute atomic E-state index is 13.3. The lowest BCUT2D eigenvalue weighted by molar-refractivity contribution is -0.145. The molecule has 2 N–H and O–H groups in total. The topological polar surface area (TPSA) is 111 Å². The Morgan fingerprint density at radius 1 is 0.811 bits per heavy atom. The number of rotatable bonds is 13. The van der Waals surface area contributed by atoms with Crippen molar-refractivity contribution in [2.75, 3.05) is 25.7 Å². The van der Waals surface area contributed by atoms with Gasteiger partial charge in [0, 0.05) is 23.8 Å². The first-order valence-electron chi connectivity index (χ1n) is 12.2. The van der Waals surface area contributed by atoms with E-state index in [0.717, 1.165) is 5.56 Å². The zero-order valence-electron chi connectivity index (χ0n) is 23.2. The SMILES string of the molecule is COC(=O)[C@H](CSSC[C@H](NC(=O)[C@H](Cc1ccccc1)C(C)(C)C)C(=O)OC)NC(=O)CC(C)(C)C. The lowest BCUT2D eigenvalue weighted by Crippen LogP contribution is -2.48. The van der Waals surface area contributed by atoms with E-state index in [4.69, 9.17) is 9.47 Å². The predicted molar refractivity (Wildman–Crippen MR) is 150 cm³/mol. The molecule has 1 aromatic rings. The summed E-state index contributed by atoms with van der Waals surface area (Å²) in [6.45, 7) is 11.8. The Hall–Kier alpha value is -2.20. The summed E-state index contributed by atoms with van der Waals surface area (Å²) in [6, 6.07) is 8.08. The summed E-state index contributed by atoms with van der Waals surface area (Å²) < 4.78 is 9.75. The van der Waals surface area contributed by atoms with Gasteiger partial charge in [0.25, 0.3) is 0 Å². The molecule has 0 aliphatic heterocycles. The molecule has 10 heteroatoms. The molecule has 3 atom stereocenters. The number of hydrogen-bond donors (Lipinski definition) is 2. The average Bonchev–Trinajstić information content (AvgIpc) is 2.81. The van der Waals surface area contributed by atoms with Crippen LogP contribution in [-0.4, -0.2) is 61.6 Å². The molecule has 0 aliphatic carbocycles. The average molecular weight is 555 g/mol. The minimum atomic E-state index is -0.859. The van der Waals surface area contributed by atoms with Gasteiger partial charge in [0.2, 0.25) is 11.8 Å². The van der Waals surface area contributed by atoms with Crippen molar-refractivity contribution < 1.29 is 28.7 Å².